The molecule has 1 aromatic heterocycles. The van der Waals surface area contributed by atoms with Crippen molar-refractivity contribution in [3.05, 3.63) is 118 Å². The van der Waals surface area contributed by atoms with Crippen molar-refractivity contribution in [2.24, 2.45) is 5.73 Å². The number of hydrogen-bond donors (Lipinski definition) is 1. The number of carbonyl (C=O) groups is 3. The average Bonchev–Trinajstić information content (AvgIpc) is 3.48. The average molecular weight is 524 g/mol. The lowest BCUT2D eigenvalue weighted by molar-refractivity contribution is 0.0706. The molecule has 9 nitrogen and oxygen atoms in total. The molecule has 0 fully saturated rings. The number of fused-ring (bicyclic) bond motifs is 2. The Balaban J connectivity index is 1.14. The Morgan fingerprint density at radius 2 is 1.82 bits per heavy atom. The first-order chi connectivity index (χ1) is 18.9. The number of amides is 2. The summed E-state index contributed by atoms with van der Waals surface area (Å²) in [6.07, 6.45) is 2.02. The number of ketones is 1. The van der Waals surface area contributed by atoms with Crippen LogP contribution in [-0.4, -0.2) is 43.8 Å². The van der Waals surface area contributed by atoms with E-state index in [4.69, 9.17) is 10.5 Å². The quantitative estimate of drug-likeness (QED) is 0.401. The largest absolute Gasteiger partial charge is 0.452 e. The molecule has 39 heavy (non-hydrogen) atoms. The third kappa shape index (κ3) is 4.56. The molecule has 3 heterocycles. The molecular formula is C29H22FN5O4. The number of rotatable bonds is 5. The smallest absolute Gasteiger partial charge is 0.254 e. The lowest BCUT2D eigenvalue weighted by Crippen LogP contribution is -2.38. The molecule has 2 N–H and O–H groups in total. The van der Waals surface area contributed by atoms with Gasteiger partial charge in [-0.25, -0.2) is 4.39 Å². The number of para-hydroxylation sites is 1. The highest BCUT2D eigenvalue weighted by molar-refractivity contribution is 6.16. The fourth-order valence-corrected chi connectivity index (χ4v) is 4.81. The van der Waals surface area contributed by atoms with Gasteiger partial charge in [0.2, 0.25) is 5.78 Å². The third-order valence-corrected chi connectivity index (χ3v) is 6.78. The molecule has 10 heteroatoms. The van der Waals surface area contributed by atoms with E-state index in [0.717, 1.165) is 11.4 Å². The maximum absolute atomic E-state index is 13.6. The molecule has 2 amide bonds. The van der Waals surface area contributed by atoms with Crippen molar-refractivity contribution < 1.29 is 23.5 Å². The minimum absolute atomic E-state index is 0.0715. The monoisotopic (exact) mass is 523 g/mol. The van der Waals surface area contributed by atoms with Crippen molar-refractivity contribution in [3.63, 3.8) is 0 Å². The number of benzene rings is 3. The summed E-state index contributed by atoms with van der Waals surface area (Å²) in [5.41, 5.74) is 7.77. The van der Waals surface area contributed by atoms with E-state index < -0.39 is 5.91 Å². The van der Waals surface area contributed by atoms with Crippen LogP contribution in [0, 0.1) is 5.82 Å². The van der Waals surface area contributed by atoms with Gasteiger partial charge in [-0.05, 0) is 53.6 Å². The van der Waals surface area contributed by atoms with Crippen molar-refractivity contribution in [2.45, 2.75) is 19.5 Å². The van der Waals surface area contributed by atoms with Gasteiger partial charge in [-0.1, -0.05) is 30.3 Å². The van der Waals surface area contributed by atoms with Gasteiger partial charge < -0.3 is 19.9 Å². The number of hydrogen-bond acceptors (Lipinski definition) is 6. The van der Waals surface area contributed by atoms with E-state index in [0.29, 0.717) is 43.0 Å². The van der Waals surface area contributed by atoms with E-state index in [-0.39, 0.29) is 40.1 Å². The fraction of sp³-hybridized carbons (Fsp3) is 0.138. The predicted molar refractivity (Wildman–Crippen MR) is 138 cm³/mol. The lowest BCUT2D eigenvalue weighted by atomic mass is 10.0. The fourth-order valence-electron chi connectivity index (χ4n) is 4.81. The van der Waals surface area contributed by atoms with Gasteiger partial charge in [0, 0.05) is 25.1 Å². The first kappa shape index (κ1) is 24.2. The first-order valence-corrected chi connectivity index (χ1v) is 12.3. The van der Waals surface area contributed by atoms with Gasteiger partial charge in [-0.3, -0.25) is 14.4 Å². The Hall–Kier alpha value is -5.12. The van der Waals surface area contributed by atoms with Crippen LogP contribution < -0.4 is 10.5 Å². The maximum atomic E-state index is 13.6. The van der Waals surface area contributed by atoms with Crippen LogP contribution in [-0.2, 0) is 19.5 Å². The zero-order valence-electron chi connectivity index (χ0n) is 20.6. The summed E-state index contributed by atoms with van der Waals surface area (Å²) in [4.78, 5) is 39.3. The van der Waals surface area contributed by atoms with Gasteiger partial charge in [-0.2, -0.15) is 0 Å². The molecule has 0 radical (unpaired) electrons. The summed E-state index contributed by atoms with van der Waals surface area (Å²) in [6, 6.07) is 17.9. The molecule has 0 unspecified atom stereocenters. The molecule has 0 spiro atoms. The van der Waals surface area contributed by atoms with Crippen LogP contribution in [0.25, 0.3) is 6.08 Å². The Kier molecular flexibility index (Phi) is 5.99. The van der Waals surface area contributed by atoms with Crippen molar-refractivity contribution in [3.8, 4) is 5.75 Å². The van der Waals surface area contributed by atoms with Crippen LogP contribution in [0.3, 0.4) is 0 Å². The van der Waals surface area contributed by atoms with Crippen molar-refractivity contribution in [2.75, 3.05) is 6.54 Å². The van der Waals surface area contributed by atoms with Crippen LogP contribution in [0.4, 0.5) is 4.39 Å². The second-order valence-corrected chi connectivity index (χ2v) is 9.33. The van der Waals surface area contributed by atoms with Gasteiger partial charge >= 0.3 is 0 Å². The standard InChI is InChI=1S/C29H22FN5O4/c30-20-4-1-3-18(13-20)15-24-32-33-25-16-34(11-12-35(24)25)29(38)19-9-7-17(8-10-19)14-23-26(36)21-5-2-6-22(28(31)37)27(21)39-23/h1-10,13-14H,11-12,15-16H2,(H2,31,37)/b23-14-. The molecule has 2 aliphatic heterocycles. The van der Waals surface area contributed by atoms with Crippen LogP contribution in [0.2, 0.25) is 0 Å². The maximum Gasteiger partial charge on any atom is 0.254 e. The number of nitrogens with two attached hydrogens (primary N) is 1. The first-order valence-electron chi connectivity index (χ1n) is 12.3. The zero-order chi connectivity index (χ0) is 27.1. The molecule has 0 saturated carbocycles. The SMILES string of the molecule is NC(=O)c1cccc2c1O/C(=C\c1ccc(C(=O)N3CCn4c(Cc5cccc(F)c5)nnc4C3)cc1)C2=O. The Bertz CT molecular complexity index is 1680. The van der Waals surface area contributed by atoms with Gasteiger partial charge in [0.15, 0.2) is 17.3 Å². The van der Waals surface area contributed by atoms with Gasteiger partial charge in [0.25, 0.3) is 11.8 Å². The van der Waals surface area contributed by atoms with E-state index >= 15 is 0 Å². The number of halogens is 1. The van der Waals surface area contributed by atoms with Gasteiger partial charge in [-0.15, -0.1) is 10.2 Å². The Morgan fingerprint density at radius 1 is 1.03 bits per heavy atom. The molecule has 0 bridgehead atoms. The van der Waals surface area contributed by atoms with Crippen LogP contribution in [0.15, 0.2) is 72.5 Å². The summed E-state index contributed by atoms with van der Waals surface area (Å²) in [5.74, 6) is 0.164. The highest BCUT2D eigenvalue weighted by Crippen LogP contribution is 2.35. The van der Waals surface area contributed by atoms with Gasteiger partial charge in [0.05, 0.1) is 17.7 Å². The molecular weight excluding hydrogens is 501 g/mol. The number of nitrogens with zero attached hydrogens (tertiary/aromatic N) is 4. The van der Waals surface area contributed by atoms with Gasteiger partial charge in [0.1, 0.15) is 11.6 Å². The number of primary amides is 1. The summed E-state index contributed by atoms with van der Waals surface area (Å²) < 4.78 is 21.2. The lowest BCUT2D eigenvalue weighted by Gasteiger charge is -2.28. The second-order valence-electron chi connectivity index (χ2n) is 9.33. The summed E-state index contributed by atoms with van der Waals surface area (Å²) in [7, 11) is 0. The molecule has 4 aromatic rings. The number of aromatic nitrogens is 3. The highest BCUT2D eigenvalue weighted by atomic mass is 19.1. The summed E-state index contributed by atoms with van der Waals surface area (Å²) in [5, 5.41) is 8.52. The second kappa shape index (κ2) is 9.64. The van der Waals surface area contributed by atoms with Crippen molar-refractivity contribution in [1.82, 2.24) is 19.7 Å². The van der Waals surface area contributed by atoms with E-state index in [1.165, 1.54) is 18.2 Å². The van der Waals surface area contributed by atoms with Crippen LogP contribution in [0.5, 0.6) is 5.75 Å². The van der Waals surface area contributed by atoms with Crippen LogP contribution >= 0.6 is 0 Å². The minimum atomic E-state index is -0.678. The number of carbonyl (C=O) groups excluding carboxylic acids is 3. The van der Waals surface area contributed by atoms with E-state index in [1.807, 2.05) is 10.6 Å². The molecule has 194 valence electrons. The molecule has 2 aliphatic rings. The molecule has 0 atom stereocenters. The number of ether oxygens (including phenoxy) is 1. The minimum Gasteiger partial charge on any atom is -0.452 e. The summed E-state index contributed by atoms with van der Waals surface area (Å²) >= 11 is 0. The molecule has 6 rings (SSSR count). The zero-order valence-corrected chi connectivity index (χ0v) is 20.6. The van der Waals surface area contributed by atoms with Crippen molar-refractivity contribution >= 4 is 23.7 Å². The van der Waals surface area contributed by atoms with Crippen molar-refractivity contribution in [1.29, 1.82) is 0 Å². The molecule has 3 aromatic carbocycles. The van der Waals surface area contributed by atoms with E-state index in [1.54, 1.807) is 53.4 Å². The number of allylic oxidation sites excluding steroid dienone is 1. The molecule has 0 aliphatic carbocycles. The molecule has 0 saturated heterocycles. The highest BCUT2D eigenvalue weighted by Gasteiger charge is 2.31. The third-order valence-electron chi connectivity index (χ3n) is 6.78. The summed E-state index contributed by atoms with van der Waals surface area (Å²) in [6.45, 7) is 1.33. The Labute approximate surface area is 222 Å². The van der Waals surface area contributed by atoms with Crippen LogP contribution in [0.1, 0.15) is 53.8 Å². The van der Waals surface area contributed by atoms with E-state index in [2.05, 4.69) is 10.2 Å². The Morgan fingerprint density at radius 3 is 2.59 bits per heavy atom. The number of Topliss-reactive ketones (excluding diaryl/α,β-unsaturated/α-hetero) is 1. The predicted octanol–water partition coefficient (Wildman–Crippen LogP) is 3.38. The van der Waals surface area contributed by atoms with E-state index in [9.17, 15) is 18.8 Å². The topological polar surface area (TPSA) is 120 Å². The normalized spacial score (nSPS) is 15.2.